The lowest BCUT2D eigenvalue weighted by atomic mass is 10.1. The van der Waals surface area contributed by atoms with Crippen molar-refractivity contribution in [1.82, 2.24) is 10.3 Å². The van der Waals surface area contributed by atoms with Crippen molar-refractivity contribution in [3.63, 3.8) is 0 Å². The largest absolute Gasteiger partial charge is 0.494 e. The molecule has 3 aromatic rings. The van der Waals surface area contributed by atoms with Gasteiger partial charge in [-0.1, -0.05) is 23.7 Å². The van der Waals surface area contributed by atoms with Crippen molar-refractivity contribution in [3.05, 3.63) is 80.9 Å². The van der Waals surface area contributed by atoms with Crippen LogP contribution in [0.25, 0.3) is 0 Å². The molecule has 1 heterocycles. The van der Waals surface area contributed by atoms with Gasteiger partial charge in [-0.2, -0.15) is 0 Å². The Hall–Kier alpha value is -3.43. The normalized spacial score (nSPS) is 11.0. The first-order chi connectivity index (χ1) is 15.9. The first-order valence-electron chi connectivity index (χ1n) is 9.73. The van der Waals surface area contributed by atoms with E-state index in [4.69, 9.17) is 16.3 Å². The average Bonchev–Trinajstić information content (AvgIpc) is 2.82. The molecule has 0 saturated heterocycles. The third kappa shape index (κ3) is 5.88. The summed E-state index contributed by atoms with van der Waals surface area (Å²) < 4.78 is 6.15. The monoisotopic (exact) mass is 529 g/mol. The highest BCUT2D eigenvalue weighted by Crippen LogP contribution is 2.33. The van der Waals surface area contributed by atoms with Gasteiger partial charge in [-0.3, -0.25) is 14.6 Å². The summed E-state index contributed by atoms with van der Waals surface area (Å²) >= 11 is 9.48. The molecule has 0 spiro atoms. The molecule has 0 atom stereocenters. The van der Waals surface area contributed by atoms with Crippen molar-refractivity contribution in [3.8, 4) is 5.75 Å². The van der Waals surface area contributed by atoms with Gasteiger partial charge in [0.1, 0.15) is 17.4 Å². The van der Waals surface area contributed by atoms with Gasteiger partial charge in [0, 0.05) is 47.0 Å². The standard InChI is InChI=1S/C23H21BrClN5O3/c1-26-21(27-2)13-4-6-14(7-5-13)22(31)30-20-17(10-16(25)11-18(20)33-3)23(32)29-19-9-8-15(24)12-28-19/h4-12H,1-3H3,(H,26,27)(H,30,31)(H,28,29,32). The van der Waals surface area contributed by atoms with Crippen LogP contribution in [-0.2, 0) is 0 Å². The van der Waals surface area contributed by atoms with E-state index < -0.39 is 11.8 Å². The molecular formula is C23H21BrClN5O3. The highest BCUT2D eigenvalue weighted by atomic mass is 79.9. The van der Waals surface area contributed by atoms with E-state index in [0.717, 1.165) is 10.0 Å². The zero-order valence-corrected chi connectivity index (χ0v) is 20.4. The fraction of sp³-hybridized carbons (Fsp3) is 0.130. The van der Waals surface area contributed by atoms with Crippen LogP contribution in [0.5, 0.6) is 5.75 Å². The molecule has 0 fully saturated rings. The van der Waals surface area contributed by atoms with Gasteiger partial charge in [0.25, 0.3) is 11.8 Å². The Kier molecular flexibility index (Phi) is 8.02. The lowest BCUT2D eigenvalue weighted by Crippen LogP contribution is -2.21. The van der Waals surface area contributed by atoms with Gasteiger partial charge < -0.3 is 20.7 Å². The van der Waals surface area contributed by atoms with Crippen LogP contribution in [0.2, 0.25) is 5.02 Å². The fourth-order valence-electron chi connectivity index (χ4n) is 3.03. The summed E-state index contributed by atoms with van der Waals surface area (Å²) in [5.74, 6) is 0.360. The van der Waals surface area contributed by atoms with Crippen molar-refractivity contribution < 1.29 is 14.3 Å². The van der Waals surface area contributed by atoms with Crippen LogP contribution in [0.1, 0.15) is 26.3 Å². The Morgan fingerprint density at radius 2 is 1.73 bits per heavy atom. The summed E-state index contributed by atoms with van der Waals surface area (Å²) in [6.45, 7) is 0. The summed E-state index contributed by atoms with van der Waals surface area (Å²) in [6.07, 6.45) is 1.56. The van der Waals surface area contributed by atoms with Crippen molar-refractivity contribution in [2.45, 2.75) is 0 Å². The van der Waals surface area contributed by atoms with Crippen LogP contribution in [-0.4, -0.2) is 43.8 Å². The maximum Gasteiger partial charge on any atom is 0.259 e. The lowest BCUT2D eigenvalue weighted by molar-refractivity contribution is 0.102. The van der Waals surface area contributed by atoms with Gasteiger partial charge in [-0.25, -0.2) is 4.98 Å². The zero-order chi connectivity index (χ0) is 24.0. The third-order valence-electron chi connectivity index (χ3n) is 4.62. The summed E-state index contributed by atoms with van der Waals surface area (Å²) in [7, 11) is 4.87. The van der Waals surface area contributed by atoms with Crippen molar-refractivity contribution in [2.75, 3.05) is 31.8 Å². The number of anilines is 2. The van der Waals surface area contributed by atoms with E-state index in [0.29, 0.717) is 17.2 Å². The number of halogens is 2. The Morgan fingerprint density at radius 3 is 2.30 bits per heavy atom. The molecular weight excluding hydrogens is 510 g/mol. The molecule has 0 unspecified atom stereocenters. The van der Waals surface area contributed by atoms with Crippen LogP contribution < -0.4 is 20.7 Å². The summed E-state index contributed by atoms with van der Waals surface area (Å²) in [5, 5.41) is 8.73. The number of rotatable bonds is 6. The lowest BCUT2D eigenvalue weighted by Gasteiger charge is -2.16. The molecule has 3 rings (SSSR count). The molecule has 0 bridgehead atoms. The summed E-state index contributed by atoms with van der Waals surface area (Å²) in [5.41, 5.74) is 1.55. The Balaban J connectivity index is 1.90. The van der Waals surface area contributed by atoms with Crippen molar-refractivity contribution >= 4 is 56.7 Å². The molecule has 3 N–H and O–H groups in total. The van der Waals surface area contributed by atoms with Crippen LogP contribution in [0.15, 0.2) is 64.2 Å². The number of amidine groups is 1. The molecule has 33 heavy (non-hydrogen) atoms. The predicted molar refractivity (Wildman–Crippen MR) is 134 cm³/mol. The summed E-state index contributed by atoms with van der Waals surface area (Å²) in [4.78, 5) is 34.2. The quantitative estimate of drug-likeness (QED) is 0.319. The van der Waals surface area contributed by atoms with Gasteiger partial charge >= 0.3 is 0 Å². The minimum absolute atomic E-state index is 0.129. The molecule has 2 amide bonds. The molecule has 0 aliphatic carbocycles. The first kappa shape index (κ1) is 24.2. The number of ether oxygens (including phenoxy) is 1. The number of nitrogens with one attached hydrogen (secondary N) is 3. The predicted octanol–water partition coefficient (Wildman–Crippen LogP) is 4.61. The van der Waals surface area contributed by atoms with E-state index in [1.165, 1.54) is 19.2 Å². The maximum atomic E-state index is 13.0. The number of benzene rings is 2. The molecule has 8 nitrogen and oxygen atoms in total. The average molecular weight is 531 g/mol. The van der Waals surface area contributed by atoms with E-state index >= 15 is 0 Å². The highest BCUT2D eigenvalue weighted by molar-refractivity contribution is 9.10. The van der Waals surface area contributed by atoms with E-state index in [1.54, 1.807) is 56.7 Å². The molecule has 2 aromatic carbocycles. The molecule has 0 radical (unpaired) electrons. The highest BCUT2D eigenvalue weighted by Gasteiger charge is 2.21. The number of amides is 2. The number of pyridine rings is 1. The Labute approximate surface area is 204 Å². The van der Waals surface area contributed by atoms with Crippen LogP contribution in [0, 0.1) is 0 Å². The van der Waals surface area contributed by atoms with Gasteiger partial charge in [-0.05, 0) is 46.3 Å². The van der Waals surface area contributed by atoms with Gasteiger partial charge in [0.2, 0.25) is 0 Å². The number of carbonyl (C=O) groups is 2. The Bertz CT molecular complexity index is 1200. The first-order valence-corrected chi connectivity index (χ1v) is 10.9. The molecule has 0 aliphatic heterocycles. The number of aliphatic imine (C=N–C) groups is 1. The number of hydrogen-bond acceptors (Lipinski definition) is 5. The van der Waals surface area contributed by atoms with Crippen molar-refractivity contribution in [1.29, 1.82) is 0 Å². The second kappa shape index (κ2) is 10.9. The number of aromatic nitrogens is 1. The number of hydrogen-bond donors (Lipinski definition) is 3. The topological polar surface area (TPSA) is 105 Å². The van der Waals surface area contributed by atoms with E-state index in [1.807, 2.05) is 0 Å². The third-order valence-corrected chi connectivity index (χ3v) is 5.31. The Morgan fingerprint density at radius 1 is 1.03 bits per heavy atom. The summed E-state index contributed by atoms with van der Waals surface area (Å²) in [6, 6.07) is 13.3. The van der Waals surface area contributed by atoms with E-state index in [2.05, 4.69) is 41.9 Å². The second-order valence-electron chi connectivity index (χ2n) is 6.70. The molecule has 0 aliphatic rings. The number of carbonyl (C=O) groups excluding carboxylic acids is 2. The smallest absolute Gasteiger partial charge is 0.259 e. The van der Waals surface area contributed by atoms with Crippen molar-refractivity contribution in [2.24, 2.45) is 4.99 Å². The SMILES string of the molecule is CN=C(NC)c1ccc(C(=O)Nc2c(OC)cc(Cl)cc2C(=O)Nc2ccc(Br)cn2)cc1. The molecule has 1 aromatic heterocycles. The number of nitrogens with zero attached hydrogens (tertiary/aromatic N) is 2. The van der Waals surface area contributed by atoms with Gasteiger partial charge in [0.05, 0.1) is 18.4 Å². The number of methoxy groups -OCH3 is 1. The molecule has 0 saturated carbocycles. The maximum absolute atomic E-state index is 13.0. The van der Waals surface area contributed by atoms with Gasteiger partial charge in [0.15, 0.2) is 0 Å². The fourth-order valence-corrected chi connectivity index (χ4v) is 3.48. The van der Waals surface area contributed by atoms with Crippen LogP contribution >= 0.6 is 27.5 Å². The van der Waals surface area contributed by atoms with E-state index in [-0.39, 0.29) is 22.0 Å². The van der Waals surface area contributed by atoms with E-state index in [9.17, 15) is 9.59 Å². The van der Waals surface area contributed by atoms with Crippen LogP contribution in [0.4, 0.5) is 11.5 Å². The van der Waals surface area contributed by atoms with Gasteiger partial charge in [-0.15, -0.1) is 0 Å². The molecule has 170 valence electrons. The molecule has 10 heteroatoms. The second-order valence-corrected chi connectivity index (χ2v) is 8.05. The van der Waals surface area contributed by atoms with Crippen LogP contribution in [0.3, 0.4) is 0 Å². The minimum atomic E-state index is -0.505. The zero-order valence-electron chi connectivity index (χ0n) is 18.1. The minimum Gasteiger partial charge on any atom is -0.494 e.